The maximum absolute atomic E-state index is 2.69. The van der Waals surface area contributed by atoms with Gasteiger partial charge in [0.05, 0.1) is 5.54 Å². The molecule has 0 aromatic heterocycles. The van der Waals surface area contributed by atoms with Gasteiger partial charge in [0.1, 0.15) is 0 Å². The third-order valence-electron chi connectivity index (χ3n) is 12.2. The zero-order valence-corrected chi connectivity index (χ0v) is 26.7. The zero-order valence-electron chi connectivity index (χ0n) is 26.7. The number of hydrogen-bond acceptors (Lipinski definition) is 1. The van der Waals surface area contributed by atoms with Crippen molar-refractivity contribution >= 4 is 43.7 Å². The largest absolute Gasteiger partial charge is 0.334 e. The predicted octanol–water partition coefficient (Wildman–Crippen LogP) is 12.3. The van der Waals surface area contributed by atoms with Gasteiger partial charge in [-0.3, -0.25) is 0 Å². The van der Waals surface area contributed by atoms with Crippen molar-refractivity contribution in [3.8, 4) is 22.3 Å². The Morgan fingerprint density at radius 2 is 1.11 bits per heavy atom. The molecule has 220 valence electrons. The summed E-state index contributed by atoms with van der Waals surface area (Å²) in [5.74, 6) is 0. The van der Waals surface area contributed by atoms with E-state index in [0.717, 1.165) is 0 Å². The van der Waals surface area contributed by atoms with Crippen molar-refractivity contribution in [2.24, 2.45) is 5.41 Å². The molecule has 45 heavy (non-hydrogen) atoms. The molecule has 9 rings (SSSR count). The summed E-state index contributed by atoms with van der Waals surface area (Å²) >= 11 is 0. The number of para-hydroxylation sites is 1. The van der Waals surface area contributed by atoms with Gasteiger partial charge in [0, 0.05) is 16.8 Å². The minimum absolute atomic E-state index is 0.0320. The molecule has 7 aromatic carbocycles. The van der Waals surface area contributed by atoms with Gasteiger partial charge in [-0.05, 0) is 110 Å². The molecule has 1 fully saturated rings. The first-order valence-corrected chi connectivity index (χ1v) is 16.6. The summed E-state index contributed by atoms with van der Waals surface area (Å²) in [6.45, 7) is 10.1. The van der Waals surface area contributed by atoms with Crippen molar-refractivity contribution in [1.29, 1.82) is 0 Å². The second-order valence-electron chi connectivity index (χ2n) is 14.6. The van der Waals surface area contributed by atoms with Crippen molar-refractivity contribution in [3.05, 3.63) is 133 Å². The molecule has 1 nitrogen and oxygen atoms in total. The monoisotopic (exact) mass is 581 g/mol. The van der Waals surface area contributed by atoms with Gasteiger partial charge >= 0.3 is 0 Å². The number of rotatable bonds is 3. The zero-order chi connectivity index (χ0) is 30.6. The van der Waals surface area contributed by atoms with E-state index in [0.29, 0.717) is 0 Å². The van der Waals surface area contributed by atoms with Gasteiger partial charge in [0.2, 0.25) is 0 Å². The second-order valence-corrected chi connectivity index (χ2v) is 14.6. The van der Waals surface area contributed by atoms with Crippen LogP contribution >= 0.6 is 0 Å². The summed E-state index contributed by atoms with van der Waals surface area (Å²) in [5.41, 5.74) is 9.51. The van der Waals surface area contributed by atoms with Crippen molar-refractivity contribution < 1.29 is 0 Å². The van der Waals surface area contributed by atoms with Crippen LogP contribution in [0.4, 0.5) is 11.4 Å². The fourth-order valence-electron chi connectivity index (χ4n) is 9.54. The number of hydrogen-bond donors (Lipinski definition) is 0. The summed E-state index contributed by atoms with van der Waals surface area (Å²) in [7, 11) is 0. The molecule has 2 unspecified atom stereocenters. The fourth-order valence-corrected chi connectivity index (χ4v) is 9.54. The standard InChI is InChI=1S/C44H39N/c1-42(2)26-11-27-43(3)38-28-32(20-25-39(38)45(44(42,43)4)33-14-9-6-10-15-33)35-22-17-31-18-23-36-34(29-12-7-5-8-13-29)21-16-30-19-24-37(35)41(31)40(30)36/h5-10,12-25,28H,11,26-27H2,1-4H3. The van der Waals surface area contributed by atoms with Gasteiger partial charge in [0.15, 0.2) is 0 Å². The van der Waals surface area contributed by atoms with Gasteiger partial charge in [-0.15, -0.1) is 0 Å². The molecule has 0 bridgehead atoms. The Labute approximate surface area is 266 Å². The molecule has 1 aliphatic carbocycles. The molecule has 7 aromatic rings. The van der Waals surface area contributed by atoms with Crippen LogP contribution in [0.1, 0.15) is 52.5 Å². The van der Waals surface area contributed by atoms with E-state index >= 15 is 0 Å². The third kappa shape index (κ3) is 3.45. The van der Waals surface area contributed by atoms with Gasteiger partial charge in [-0.2, -0.15) is 0 Å². The van der Waals surface area contributed by atoms with Crippen molar-refractivity contribution in [3.63, 3.8) is 0 Å². The lowest BCUT2D eigenvalue weighted by atomic mass is 9.51. The highest BCUT2D eigenvalue weighted by Gasteiger charge is 2.64. The Morgan fingerprint density at radius 3 is 1.76 bits per heavy atom. The van der Waals surface area contributed by atoms with Crippen molar-refractivity contribution in [2.45, 2.75) is 57.9 Å². The molecule has 1 saturated carbocycles. The maximum Gasteiger partial charge on any atom is 0.0568 e. The van der Waals surface area contributed by atoms with Gasteiger partial charge in [0.25, 0.3) is 0 Å². The highest BCUT2D eigenvalue weighted by molar-refractivity contribution is 6.27. The summed E-state index contributed by atoms with van der Waals surface area (Å²) in [5, 5.41) is 8.03. The first kappa shape index (κ1) is 26.8. The molecule has 1 heterocycles. The highest BCUT2D eigenvalue weighted by Crippen LogP contribution is 2.66. The molecule has 0 radical (unpaired) electrons. The minimum Gasteiger partial charge on any atom is -0.334 e. The number of nitrogens with zero attached hydrogens (tertiary/aromatic N) is 1. The van der Waals surface area contributed by atoms with Crippen molar-refractivity contribution in [1.82, 2.24) is 0 Å². The van der Waals surface area contributed by atoms with Crippen molar-refractivity contribution in [2.75, 3.05) is 4.90 Å². The minimum atomic E-state index is -0.0446. The smallest absolute Gasteiger partial charge is 0.0568 e. The molecule has 2 aliphatic rings. The fraction of sp³-hybridized carbons (Fsp3) is 0.227. The van der Waals surface area contributed by atoms with E-state index in [1.54, 1.807) is 0 Å². The topological polar surface area (TPSA) is 3.24 Å². The number of anilines is 2. The van der Waals surface area contributed by atoms with E-state index < -0.39 is 0 Å². The lowest BCUT2D eigenvalue weighted by molar-refractivity contribution is 0.0484. The summed E-state index contributed by atoms with van der Waals surface area (Å²) in [4.78, 5) is 2.69. The molecule has 0 spiro atoms. The quantitative estimate of drug-likeness (QED) is 0.188. The lowest BCUT2D eigenvalue weighted by Crippen LogP contribution is -2.64. The van der Waals surface area contributed by atoms with E-state index in [1.165, 1.54) is 90.8 Å². The number of fused-ring (bicyclic) bond motifs is 3. The first-order chi connectivity index (χ1) is 21.8. The second kappa shape index (κ2) is 9.21. The molecule has 1 heteroatoms. The summed E-state index contributed by atoms with van der Waals surface area (Å²) in [6.07, 6.45) is 3.70. The molecule has 0 saturated heterocycles. The Hall–Kier alpha value is -4.62. The lowest BCUT2D eigenvalue weighted by Gasteiger charge is -2.59. The predicted molar refractivity (Wildman–Crippen MR) is 193 cm³/mol. The Balaban J connectivity index is 1.28. The van der Waals surface area contributed by atoms with Crippen LogP contribution in [0.25, 0.3) is 54.6 Å². The summed E-state index contributed by atoms with van der Waals surface area (Å²) < 4.78 is 0. The average molecular weight is 582 g/mol. The Morgan fingerprint density at radius 1 is 0.533 bits per heavy atom. The molecule has 0 N–H and O–H groups in total. The Kier molecular flexibility index (Phi) is 5.47. The normalized spacial score (nSPS) is 22.3. The van der Waals surface area contributed by atoms with Gasteiger partial charge in [-0.25, -0.2) is 0 Å². The summed E-state index contributed by atoms with van der Waals surface area (Å²) in [6, 6.07) is 47.9. The van der Waals surface area contributed by atoms with E-state index in [9.17, 15) is 0 Å². The molecular weight excluding hydrogens is 542 g/mol. The van der Waals surface area contributed by atoms with Crippen LogP contribution in [0, 0.1) is 5.41 Å². The molecule has 0 amide bonds. The van der Waals surface area contributed by atoms with Crippen LogP contribution in [-0.4, -0.2) is 5.54 Å². The molecule has 2 atom stereocenters. The van der Waals surface area contributed by atoms with E-state index in [1.807, 2.05) is 0 Å². The van der Waals surface area contributed by atoms with Crippen LogP contribution in [0.3, 0.4) is 0 Å². The SMILES string of the molecule is CC1(C)CCCC2(C)c3cc(-c4ccc5ccc6c(-c7ccccc7)ccc7ccc4c5c76)ccc3N(c3ccccc3)C12C. The van der Waals surface area contributed by atoms with E-state index in [4.69, 9.17) is 0 Å². The van der Waals surface area contributed by atoms with Gasteiger partial charge < -0.3 is 4.90 Å². The molecular formula is C44H39N. The first-order valence-electron chi connectivity index (χ1n) is 16.6. The van der Waals surface area contributed by atoms with Crippen LogP contribution < -0.4 is 4.90 Å². The van der Waals surface area contributed by atoms with Gasteiger partial charge in [-0.1, -0.05) is 130 Å². The van der Waals surface area contributed by atoms with E-state index in [2.05, 4.69) is 160 Å². The maximum atomic E-state index is 2.69. The van der Waals surface area contributed by atoms with Crippen LogP contribution in [0.15, 0.2) is 127 Å². The third-order valence-corrected chi connectivity index (χ3v) is 12.2. The highest BCUT2D eigenvalue weighted by atomic mass is 15.3. The average Bonchev–Trinajstić information content (AvgIpc) is 3.28. The number of benzene rings is 7. The van der Waals surface area contributed by atoms with E-state index in [-0.39, 0.29) is 16.4 Å². The Bertz CT molecular complexity index is 2250. The molecule has 1 aliphatic heterocycles. The van der Waals surface area contributed by atoms with Crippen LogP contribution in [0.5, 0.6) is 0 Å². The van der Waals surface area contributed by atoms with Crippen LogP contribution in [0.2, 0.25) is 0 Å². The van der Waals surface area contributed by atoms with Crippen LogP contribution in [-0.2, 0) is 5.41 Å².